The van der Waals surface area contributed by atoms with Gasteiger partial charge in [-0.2, -0.15) is 0 Å². The van der Waals surface area contributed by atoms with Crippen LogP contribution in [0.5, 0.6) is 0 Å². The Bertz CT molecular complexity index is 121. The van der Waals surface area contributed by atoms with Crippen LogP contribution in [-0.2, 0) is 18.9 Å². The molecule has 0 N–H and O–H groups in total. The highest BCUT2D eigenvalue weighted by Gasteiger charge is 2.22. The summed E-state index contributed by atoms with van der Waals surface area (Å²) in [4.78, 5) is 0. The molecule has 4 heteroatoms. The van der Waals surface area contributed by atoms with E-state index in [0.29, 0.717) is 12.4 Å². The van der Waals surface area contributed by atoms with Crippen LogP contribution in [0.15, 0.2) is 0 Å². The summed E-state index contributed by atoms with van der Waals surface area (Å²) in [5.41, 5.74) is 0. The summed E-state index contributed by atoms with van der Waals surface area (Å²) >= 11 is 0. The molecular weight excluding hydrogens is 172 g/mol. The van der Waals surface area contributed by atoms with Crippen molar-refractivity contribution in [2.45, 2.75) is 18.9 Å². The lowest BCUT2D eigenvalue weighted by atomic mass is 10.3. The summed E-state index contributed by atoms with van der Waals surface area (Å²) in [6.07, 6.45) is 2.72. The maximum absolute atomic E-state index is 5.35. The predicted molar refractivity (Wildman–Crippen MR) is 47.1 cm³/mol. The molecule has 0 aromatic rings. The van der Waals surface area contributed by atoms with Crippen molar-refractivity contribution in [1.29, 1.82) is 0 Å². The predicted octanol–water partition coefficient (Wildman–Crippen LogP) is 0.964. The summed E-state index contributed by atoms with van der Waals surface area (Å²) in [7, 11) is 3.22. The van der Waals surface area contributed by atoms with E-state index in [1.54, 1.807) is 14.2 Å². The third-order valence-corrected chi connectivity index (χ3v) is 1.83. The van der Waals surface area contributed by atoms with Crippen LogP contribution in [0.3, 0.4) is 0 Å². The van der Waals surface area contributed by atoms with Gasteiger partial charge in [0.15, 0.2) is 0 Å². The molecular formula is C9H17O4. The van der Waals surface area contributed by atoms with Gasteiger partial charge in [-0.3, -0.25) is 0 Å². The molecule has 0 aromatic heterocycles. The highest BCUT2D eigenvalue weighted by atomic mass is 16.7. The Morgan fingerprint density at radius 1 is 1.38 bits per heavy atom. The van der Waals surface area contributed by atoms with Crippen LogP contribution < -0.4 is 0 Å². The maximum Gasteiger partial charge on any atom is 0.223 e. The number of methoxy groups -OCH3 is 2. The normalized spacial score (nSPS) is 21.0. The Hall–Kier alpha value is -0.160. The van der Waals surface area contributed by atoms with Gasteiger partial charge < -0.3 is 18.9 Å². The van der Waals surface area contributed by atoms with Crippen molar-refractivity contribution in [1.82, 2.24) is 0 Å². The van der Waals surface area contributed by atoms with E-state index < -0.39 is 0 Å². The van der Waals surface area contributed by atoms with E-state index in [1.807, 2.05) is 0 Å². The second-order valence-corrected chi connectivity index (χ2v) is 2.91. The average molecular weight is 189 g/mol. The number of epoxide rings is 1. The molecule has 1 heterocycles. The molecule has 1 fully saturated rings. The van der Waals surface area contributed by atoms with Crippen LogP contribution in [-0.4, -0.2) is 40.1 Å². The molecule has 1 aliphatic rings. The molecule has 0 amide bonds. The topological polar surface area (TPSA) is 40.2 Å². The highest BCUT2D eigenvalue weighted by molar-refractivity contribution is 4.67. The largest absolute Gasteiger partial charge is 0.379 e. The van der Waals surface area contributed by atoms with E-state index in [1.165, 1.54) is 0 Å². The fourth-order valence-electron chi connectivity index (χ4n) is 0.985. The monoisotopic (exact) mass is 189 g/mol. The van der Waals surface area contributed by atoms with E-state index in [0.717, 1.165) is 32.7 Å². The summed E-state index contributed by atoms with van der Waals surface area (Å²) in [6, 6.07) is 0. The maximum atomic E-state index is 5.35. The van der Waals surface area contributed by atoms with Gasteiger partial charge in [-0.05, 0) is 6.42 Å². The van der Waals surface area contributed by atoms with Gasteiger partial charge >= 0.3 is 0 Å². The van der Waals surface area contributed by atoms with E-state index >= 15 is 0 Å². The first kappa shape index (κ1) is 10.9. The Morgan fingerprint density at radius 3 is 2.62 bits per heavy atom. The van der Waals surface area contributed by atoms with Crippen molar-refractivity contribution < 1.29 is 18.9 Å². The fraction of sp³-hybridized carbons (Fsp3) is 0.889. The lowest BCUT2D eigenvalue weighted by Gasteiger charge is -2.10. The van der Waals surface area contributed by atoms with Crippen LogP contribution in [0.1, 0.15) is 12.8 Å². The van der Waals surface area contributed by atoms with Gasteiger partial charge in [0.2, 0.25) is 6.29 Å². The number of ether oxygens (including phenoxy) is 4. The van der Waals surface area contributed by atoms with Crippen molar-refractivity contribution in [2.24, 2.45) is 0 Å². The highest BCUT2D eigenvalue weighted by Crippen LogP contribution is 2.11. The van der Waals surface area contributed by atoms with Crippen LogP contribution in [0.2, 0.25) is 0 Å². The minimum atomic E-state index is 0.355. The lowest BCUT2D eigenvalue weighted by Crippen LogP contribution is -2.07. The second-order valence-electron chi connectivity index (χ2n) is 2.91. The molecule has 4 nitrogen and oxygen atoms in total. The van der Waals surface area contributed by atoms with Crippen molar-refractivity contribution in [3.8, 4) is 0 Å². The van der Waals surface area contributed by atoms with Gasteiger partial charge in [-0.25, -0.2) is 0 Å². The Balaban J connectivity index is 1.81. The zero-order valence-corrected chi connectivity index (χ0v) is 8.25. The SMILES string of the molecule is CO[C](CCCOCC1CO1)OC. The summed E-state index contributed by atoms with van der Waals surface area (Å²) in [5, 5.41) is 0. The molecule has 1 rings (SSSR count). The van der Waals surface area contributed by atoms with Gasteiger partial charge in [0.1, 0.15) is 6.10 Å². The van der Waals surface area contributed by atoms with Gasteiger partial charge in [-0.15, -0.1) is 0 Å². The molecule has 77 valence electrons. The van der Waals surface area contributed by atoms with Gasteiger partial charge in [0.25, 0.3) is 0 Å². The van der Waals surface area contributed by atoms with E-state index in [-0.39, 0.29) is 0 Å². The standard InChI is InChI=1S/C9H17O4/c1-10-9(11-2)4-3-5-12-6-8-7-13-8/h8H,3-7H2,1-2H3. The quantitative estimate of drug-likeness (QED) is 0.421. The number of rotatable bonds is 8. The smallest absolute Gasteiger partial charge is 0.223 e. The minimum absolute atomic E-state index is 0.355. The van der Waals surface area contributed by atoms with Gasteiger partial charge in [-0.1, -0.05) is 0 Å². The van der Waals surface area contributed by atoms with E-state index in [2.05, 4.69) is 0 Å². The van der Waals surface area contributed by atoms with E-state index in [9.17, 15) is 0 Å². The molecule has 0 saturated carbocycles. The van der Waals surface area contributed by atoms with Gasteiger partial charge in [0.05, 0.1) is 13.2 Å². The molecule has 0 aliphatic carbocycles. The summed E-state index contributed by atoms with van der Waals surface area (Å²) in [5.74, 6) is 0. The molecule has 0 bridgehead atoms. The number of hydrogen-bond acceptors (Lipinski definition) is 4. The van der Waals surface area contributed by atoms with Crippen LogP contribution >= 0.6 is 0 Å². The Labute approximate surface area is 79.1 Å². The molecule has 1 radical (unpaired) electrons. The third kappa shape index (κ3) is 5.21. The Morgan fingerprint density at radius 2 is 2.08 bits per heavy atom. The van der Waals surface area contributed by atoms with Crippen molar-refractivity contribution >= 4 is 0 Å². The minimum Gasteiger partial charge on any atom is -0.379 e. The Kier molecular flexibility index (Phi) is 5.31. The van der Waals surface area contributed by atoms with Crippen molar-refractivity contribution in [3.63, 3.8) is 0 Å². The molecule has 1 atom stereocenters. The molecule has 0 aromatic carbocycles. The van der Waals surface area contributed by atoms with Gasteiger partial charge in [0, 0.05) is 27.2 Å². The molecule has 0 spiro atoms. The van der Waals surface area contributed by atoms with Crippen LogP contribution in [0.25, 0.3) is 0 Å². The zero-order chi connectivity index (χ0) is 9.52. The third-order valence-electron chi connectivity index (χ3n) is 1.83. The second kappa shape index (κ2) is 6.32. The van der Waals surface area contributed by atoms with Crippen LogP contribution in [0, 0.1) is 6.29 Å². The molecule has 1 aliphatic heterocycles. The first-order valence-corrected chi connectivity index (χ1v) is 4.50. The molecule has 13 heavy (non-hydrogen) atoms. The molecule has 1 saturated heterocycles. The first-order chi connectivity index (χ1) is 6.36. The number of hydrogen-bond donors (Lipinski definition) is 0. The van der Waals surface area contributed by atoms with Crippen LogP contribution in [0.4, 0.5) is 0 Å². The van der Waals surface area contributed by atoms with Crippen molar-refractivity contribution in [2.75, 3.05) is 34.0 Å². The van der Waals surface area contributed by atoms with E-state index in [4.69, 9.17) is 18.9 Å². The first-order valence-electron chi connectivity index (χ1n) is 4.50. The average Bonchev–Trinajstić information content (AvgIpc) is 2.95. The fourth-order valence-corrected chi connectivity index (χ4v) is 0.985. The summed E-state index contributed by atoms with van der Waals surface area (Å²) in [6.45, 7) is 2.30. The van der Waals surface area contributed by atoms with Crippen molar-refractivity contribution in [3.05, 3.63) is 6.29 Å². The summed E-state index contributed by atoms with van der Waals surface area (Å²) < 4.78 is 20.3. The molecule has 1 unspecified atom stereocenters. The lowest BCUT2D eigenvalue weighted by molar-refractivity contribution is -0.00845. The zero-order valence-electron chi connectivity index (χ0n) is 8.25.